The molecule has 0 aliphatic carbocycles. The summed E-state index contributed by atoms with van der Waals surface area (Å²) in [5.41, 5.74) is 2.78. The molecule has 3 nitrogen and oxygen atoms in total. The molecule has 0 spiro atoms. The highest BCUT2D eigenvalue weighted by molar-refractivity contribution is 5.95. The number of carboxylic acid groups (broad SMARTS) is 1. The van der Waals surface area contributed by atoms with Gasteiger partial charge in [-0.25, -0.2) is 4.79 Å². The van der Waals surface area contributed by atoms with Crippen LogP contribution >= 0.6 is 0 Å². The van der Waals surface area contributed by atoms with E-state index in [-0.39, 0.29) is 5.56 Å². The maximum Gasteiger partial charge on any atom is 0.335 e. The molecule has 0 unspecified atom stereocenters. The van der Waals surface area contributed by atoms with Gasteiger partial charge in [0.05, 0.1) is 5.56 Å². The van der Waals surface area contributed by atoms with Crippen LogP contribution in [0, 0.1) is 0 Å². The van der Waals surface area contributed by atoms with Crippen LogP contribution in [0.5, 0.6) is 5.75 Å². The largest absolute Gasteiger partial charge is 0.478 e. The van der Waals surface area contributed by atoms with Gasteiger partial charge in [0.15, 0.2) is 0 Å². The zero-order chi connectivity index (χ0) is 14.1. The molecule has 1 aliphatic heterocycles. The second-order valence-electron chi connectivity index (χ2n) is 4.51. The SMILES string of the molecule is C=C1Oc2ccccc2C=C1c1cccc(C(=O)O)c1. The lowest BCUT2D eigenvalue weighted by atomic mass is 9.97. The second-order valence-corrected chi connectivity index (χ2v) is 4.51. The van der Waals surface area contributed by atoms with Crippen molar-refractivity contribution < 1.29 is 14.6 Å². The van der Waals surface area contributed by atoms with Crippen molar-refractivity contribution in [1.29, 1.82) is 0 Å². The Morgan fingerprint density at radius 2 is 1.90 bits per heavy atom. The first-order valence-electron chi connectivity index (χ1n) is 6.17. The first-order valence-corrected chi connectivity index (χ1v) is 6.17. The van der Waals surface area contributed by atoms with Crippen LogP contribution in [-0.2, 0) is 0 Å². The van der Waals surface area contributed by atoms with Gasteiger partial charge in [-0.2, -0.15) is 0 Å². The maximum absolute atomic E-state index is 11.0. The average Bonchev–Trinajstić information content (AvgIpc) is 2.46. The Kier molecular flexibility index (Phi) is 2.88. The molecule has 0 fully saturated rings. The fraction of sp³-hybridized carbons (Fsp3) is 0. The number of fused-ring (bicyclic) bond motifs is 1. The fourth-order valence-corrected chi connectivity index (χ4v) is 2.18. The molecule has 0 aromatic heterocycles. The molecule has 1 N–H and O–H groups in total. The zero-order valence-corrected chi connectivity index (χ0v) is 10.7. The molecular weight excluding hydrogens is 252 g/mol. The Morgan fingerprint density at radius 3 is 2.70 bits per heavy atom. The summed E-state index contributed by atoms with van der Waals surface area (Å²) in [5.74, 6) is 0.331. The molecule has 0 atom stereocenters. The van der Waals surface area contributed by atoms with Gasteiger partial charge in [-0.15, -0.1) is 0 Å². The molecule has 2 aromatic carbocycles. The van der Waals surface area contributed by atoms with E-state index in [2.05, 4.69) is 6.58 Å². The monoisotopic (exact) mass is 264 g/mol. The minimum Gasteiger partial charge on any atom is -0.478 e. The molecule has 2 aromatic rings. The van der Waals surface area contributed by atoms with E-state index < -0.39 is 5.97 Å². The summed E-state index contributed by atoms with van der Waals surface area (Å²) in [4.78, 5) is 11.0. The molecule has 0 saturated heterocycles. The average molecular weight is 264 g/mol. The number of aromatic carboxylic acids is 1. The van der Waals surface area contributed by atoms with E-state index in [9.17, 15) is 4.79 Å². The Morgan fingerprint density at radius 1 is 1.10 bits per heavy atom. The van der Waals surface area contributed by atoms with E-state index >= 15 is 0 Å². The van der Waals surface area contributed by atoms with Gasteiger partial charge in [0, 0.05) is 11.1 Å². The van der Waals surface area contributed by atoms with Crippen molar-refractivity contribution in [3.8, 4) is 5.75 Å². The van der Waals surface area contributed by atoms with Crippen LogP contribution in [0.3, 0.4) is 0 Å². The minimum absolute atomic E-state index is 0.245. The number of allylic oxidation sites excluding steroid dienone is 1. The first-order chi connectivity index (χ1) is 9.65. The lowest BCUT2D eigenvalue weighted by Gasteiger charge is -2.20. The highest BCUT2D eigenvalue weighted by Crippen LogP contribution is 2.35. The summed E-state index contributed by atoms with van der Waals surface area (Å²) in [6.07, 6.45) is 1.96. The van der Waals surface area contributed by atoms with Crippen molar-refractivity contribution in [2.45, 2.75) is 0 Å². The standard InChI is InChI=1S/C17H12O3/c1-11-15(10-13-5-2-3-8-16(13)20-11)12-6-4-7-14(9-12)17(18)19/h2-10H,1H2,(H,18,19). The Bertz CT molecular complexity index is 741. The van der Waals surface area contributed by atoms with Gasteiger partial charge >= 0.3 is 5.97 Å². The Hall–Kier alpha value is -2.81. The third kappa shape index (κ3) is 2.10. The molecular formula is C17H12O3. The highest BCUT2D eigenvalue weighted by Gasteiger charge is 2.17. The minimum atomic E-state index is -0.949. The predicted molar refractivity (Wildman–Crippen MR) is 77.5 cm³/mol. The van der Waals surface area contributed by atoms with Gasteiger partial charge in [0.2, 0.25) is 0 Å². The third-order valence-electron chi connectivity index (χ3n) is 3.17. The molecule has 1 heterocycles. The zero-order valence-electron chi connectivity index (χ0n) is 10.7. The molecule has 0 amide bonds. The lowest BCUT2D eigenvalue weighted by molar-refractivity contribution is 0.0697. The van der Waals surface area contributed by atoms with Crippen molar-refractivity contribution in [2.24, 2.45) is 0 Å². The van der Waals surface area contributed by atoms with Crippen LogP contribution in [-0.4, -0.2) is 11.1 Å². The summed E-state index contributed by atoms with van der Waals surface area (Å²) in [5, 5.41) is 9.06. The summed E-state index contributed by atoms with van der Waals surface area (Å²) < 4.78 is 5.69. The first kappa shape index (κ1) is 12.2. The quantitative estimate of drug-likeness (QED) is 0.896. The van der Waals surface area contributed by atoms with Crippen LogP contribution in [0.1, 0.15) is 21.5 Å². The van der Waals surface area contributed by atoms with E-state index in [0.29, 0.717) is 5.76 Å². The van der Waals surface area contributed by atoms with Gasteiger partial charge in [-0.3, -0.25) is 0 Å². The maximum atomic E-state index is 11.0. The smallest absolute Gasteiger partial charge is 0.335 e. The van der Waals surface area contributed by atoms with Crippen molar-refractivity contribution in [2.75, 3.05) is 0 Å². The molecule has 0 saturated carbocycles. The van der Waals surface area contributed by atoms with Gasteiger partial charge in [0.1, 0.15) is 11.5 Å². The van der Waals surface area contributed by atoms with Gasteiger partial charge < -0.3 is 9.84 Å². The summed E-state index contributed by atoms with van der Waals surface area (Å²) in [6.45, 7) is 3.91. The lowest BCUT2D eigenvalue weighted by Crippen LogP contribution is -2.04. The number of rotatable bonds is 2. The van der Waals surface area contributed by atoms with Crippen molar-refractivity contribution in [3.05, 3.63) is 77.6 Å². The van der Waals surface area contributed by atoms with Crippen LogP contribution in [0.15, 0.2) is 60.9 Å². The van der Waals surface area contributed by atoms with Crippen molar-refractivity contribution in [3.63, 3.8) is 0 Å². The van der Waals surface area contributed by atoms with Crippen LogP contribution in [0.2, 0.25) is 0 Å². The summed E-state index contributed by atoms with van der Waals surface area (Å²) >= 11 is 0. The van der Waals surface area contributed by atoms with Crippen molar-refractivity contribution >= 4 is 17.6 Å². The number of carbonyl (C=O) groups is 1. The van der Waals surface area contributed by atoms with E-state index in [1.54, 1.807) is 18.2 Å². The Labute approximate surface area is 116 Å². The number of para-hydroxylation sites is 1. The molecule has 20 heavy (non-hydrogen) atoms. The predicted octanol–water partition coefficient (Wildman–Crippen LogP) is 3.83. The van der Waals surface area contributed by atoms with Gasteiger partial charge in [-0.1, -0.05) is 36.9 Å². The van der Waals surface area contributed by atoms with Gasteiger partial charge in [-0.05, 0) is 29.8 Å². The van der Waals surface area contributed by atoms with E-state index in [0.717, 1.165) is 22.4 Å². The van der Waals surface area contributed by atoms with Crippen LogP contribution < -0.4 is 4.74 Å². The molecule has 0 radical (unpaired) electrons. The Balaban J connectivity index is 2.10. The normalized spacial score (nSPS) is 13.2. The van der Waals surface area contributed by atoms with Crippen LogP contribution in [0.4, 0.5) is 0 Å². The van der Waals surface area contributed by atoms with E-state index in [1.807, 2.05) is 36.4 Å². The molecule has 3 heteroatoms. The highest BCUT2D eigenvalue weighted by atomic mass is 16.5. The van der Waals surface area contributed by atoms with Crippen molar-refractivity contribution in [1.82, 2.24) is 0 Å². The fourth-order valence-electron chi connectivity index (χ4n) is 2.18. The van der Waals surface area contributed by atoms with Gasteiger partial charge in [0.25, 0.3) is 0 Å². The molecule has 1 aliphatic rings. The number of hydrogen-bond acceptors (Lipinski definition) is 2. The van der Waals surface area contributed by atoms with E-state index in [1.165, 1.54) is 0 Å². The number of benzene rings is 2. The molecule has 0 bridgehead atoms. The number of carboxylic acids is 1. The summed E-state index contributed by atoms with van der Waals surface area (Å²) in [7, 11) is 0. The molecule has 3 rings (SSSR count). The number of ether oxygens (including phenoxy) is 1. The topological polar surface area (TPSA) is 46.5 Å². The van der Waals surface area contributed by atoms with Crippen LogP contribution in [0.25, 0.3) is 11.6 Å². The third-order valence-corrected chi connectivity index (χ3v) is 3.17. The summed E-state index contributed by atoms with van der Waals surface area (Å²) in [6, 6.07) is 14.4. The second kappa shape index (κ2) is 4.70. The van der Waals surface area contributed by atoms with E-state index in [4.69, 9.17) is 9.84 Å². The molecule has 98 valence electrons. The number of hydrogen-bond donors (Lipinski definition) is 1.